The number of amides is 2. The lowest BCUT2D eigenvalue weighted by Crippen LogP contribution is -2.43. The van der Waals surface area contributed by atoms with E-state index in [1.165, 1.54) is 0 Å². The van der Waals surface area contributed by atoms with E-state index in [1.54, 1.807) is 0 Å². The van der Waals surface area contributed by atoms with Crippen molar-refractivity contribution in [2.24, 2.45) is 11.3 Å². The quantitative estimate of drug-likeness (QED) is 0.504. The van der Waals surface area contributed by atoms with Gasteiger partial charge in [-0.25, -0.2) is 0 Å². The van der Waals surface area contributed by atoms with Gasteiger partial charge in [0.25, 0.3) is 0 Å². The molecule has 2 amide bonds. The molecule has 2 saturated heterocycles. The summed E-state index contributed by atoms with van der Waals surface area (Å²) in [6.45, 7) is 8.32. The van der Waals surface area contributed by atoms with Crippen LogP contribution in [-0.4, -0.2) is 47.8 Å². The van der Waals surface area contributed by atoms with Gasteiger partial charge in [0.15, 0.2) is 0 Å². The molecule has 1 spiro atoms. The summed E-state index contributed by atoms with van der Waals surface area (Å²) in [6.07, 6.45) is 3.64. The molecular formula is C28H37Cl2N3O2. The minimum atomic E-state index is -0.0308. The first-order valence-electron chi connectivity index (χ1n) is 12.4. The molecule has 2 aromatic carbocycles. The molecule has 0 unspecified atom stereocenters. The van der Waals surface area contributed by atoms with Crippen LogP contribution in [0.2, 0.25) is 5.02 Å². The Morgan fingerprint density at radius 1 is 1.06 bits per heavy atom. The van der Waals surface area contributed by atoms with Crippen LogP contribution in [0.25, 0.3) is 0 Å². The molecule has 2 aromatic rings. The molecule has 5 nitrogen and oxygen atoms in total. The van der Waals surface area contributed by atoms with Crippen molar-refractivity contribution in [1.82, 2.24) is 15.1 Å². The lowest BCUT2D eigenvalue weighted by Gasteiger charge is -2.39. The molecule has 2 heterocycles. The Labute approximate surface area is 220 Å². The molecule has 1 atom stereocenters. The lowest BCUT2D eigenvalue weighted by atomic mass is 9.77. The van der Waals surface area contributed by atoms with E-state index in [2.05, 4.69) is 22.3 Å². The van der Waals surface area contributed by atoms with Crippen LogP contribution in [0, 0.1) is 11.3 Å². The van der Waals surface area contributed by atoms with Crippen LogP contribution < -0.4 is 5.32 Å². The molecule has 0 aliphatic carbocycles. The van der Waals surface area contributed by atoms with Gasteiger partial charge in [0.1, 0.15) is 0 Å². The van der Waals surface area contributed by atoms with E-state index in [0.717, 1.165) is 61.6 Å². The van der Waals surface area contributed by atoms with E-state index in [4.69, 9.17) is 11.6 Å². The third kappa shape index (κ3) is 7.22. The monoisotopic (exact) mass is 517 g/mol. The van der Waals surface area contributed by atoms with Gasteiger partial charge in [-0.3, -0.25) is 9.59 Å². The molecule has 2 fully saturated rings. The molecule has 35 heavy (non-hydrogen) atoms. The summed E-state index contributed by atoms with van der Waals surface area (Å²) < 4.78 is 0. The third-order valence-corrected chi connectivity index (χ3v) is 7.64. The highest BCUT2D eigenvalue weighted by atomic mass is 35.5. The minimum absolute atomic E-state index is 0. The van der Waals surface area contributed by atoms with Crippen molar-refractivity contribution in [3.63, 3.8) is 0 Å². The van der Waals surface area contributed by atoms with Crippen LogP contribution in [0.4, 0.5) is 0 Å². The molecule has 0 saturated carbocycles. The molecule has 190 valence electrons. The SMILES string of the molecule is CC(C)C(=O)N[C@@H](CCN1CCC2(CC1)CC(=O)N(Cc1ccc(Cl)cc1)C2)c1ccccc1.Cl. The summed E-state index contributed by atoms with van der Waals surface area (Å²) in [5, 5.41) is 3.95. The summed E-state index contributed by atoms with van der Waals surface area (Å²) in [7, 11) is 0. The van der Waals surface area contributed by atoms with E-state index < -0.39 is 0 Å². The molecule has 1 N–H and O–H groups in total. The number of rotatable bonds is 8. The molecule has 4 rings (SSSR count). The van der Waals surface area contributed by atoms with Crippen molar-refractivity contribution in [3.05, 3.63) is 70.7 Å². The Kier molecular flexibility index (Phi) is 9.62. The zero-order chi connectivity index (χ0) is 24.1. The summed E-state index contributed by atoms with van der Waals surface area (Å²) in [5.74, 6) is 0.331. The largest absolute Gasteiger partial charge is 0.349 e. The maximum atomic E-state index is 12.8. The van der Waals surface area contributed by atoms with Gasteiger partial charge in [-0.05, 0) is 61.0 Å². The summed E-state index contributed by atoms with van der Waals surface area (Å²) in [4.78, 5) is 29.7. The number of carbonyl (C=O) groups excluding carboxylic acids is 2. The number of likely N-dealkylation sites (tertiary alicyclic amines) is 2. The van der Waals surface area contributed by atoms with Crippen LogP contribution in [0.15, 0.2) is 54.6 Å². The lowest BCUT2D eigenvalue weighted by molar-refractivity contribution is -0.128. The van der Waals surface area contributed by atoms with Gasteiger partial charge < -0.3 is 15.1 Å². The first kappa shape index (κ1) is 27.5. The fraction of sp³-hybridized carbons (Fsp3) is 0.500. The van der Waals surface area contributed by atoms with Crippen molar-refractivity contribution in [2.75, 3.05) is 26.2 Å². The fourth-order valence-electron chi connectivity index (χ4n) is 5.18. The number of nitrogens with one attached hydrogen (secondary N) is 1. The summed E-state index contributed by atoms with van der Waals surface area (Å²) in [6, 6.07) is 18.1. The van der Waals surface area contributed by atoms with Crippen LogP contribution in [0.3, 0.4) is 0 Å². The summed E-state index contributed by atoms with van der Waals surface area (Å²) >= 11 is 6.00. The third-order valence-electron chi connectivity index (χ3n) is 7.39. The molecule has 0 radical (unpaired) electrons. The van der Waals surface area contributed by atoms with Gasteiger partial charge in [-0.15, -0.1) is 12.4 Å². The number of piperidine rings is 1. The van der Waals surface area contributed by atoms with Crippen molar-refractivity contribution >= 4 is 35.8 Å². The highest BCUT2D eigenvalue weighted by Crippen LogP contribution is 2.41. The normalized spacial score (nSPS) is 18.5. The Hall–Kier alpha value is -2.08. The van der Waals surface area contributed by atoms with Crippen LogP contribution in [0.5, 0.6) is 0 Å². The molecule has 2 aliphatic heterocycles. The van der Waals surface area contributed by atoms with Crippen LogP contribution >= 0.6 is 24.0 Å². The summed E-state index contributed by atoms with van der Waals surface area (Å²) in [5.41, 5.74) is 2.39. The first-order valence-corrected chi connectivity index (χ1v) is 12.8. The van der Waals surface area contributed by atoms with E-state index in [0.29, 0.717) is 13.0 Å². The molecular weight excluding hydrogens is 481 g/mol. The second-order valence-electron chi connectivity index (χ2n) is 10.3. The van der Waals surface area contributed by atoms with Crippen molar-refractivity contribution < 1.29 is 9.59 Å². The average molecular weight is 519 g/mol. The Morgan fingerprint density at radius 3 is 2.34 bits per heavy atom. The zero-order valence-electron chi connectivity index (χ0n) is 20.7. The highest BCUT2D eigenvalue weighted by Gasteiger charge is 2.44. The molecule has 0 aromatic heterocycles. The van der Waals surface area contributed by atoms with E-state index in [1.807, 2.05) is 61.2 Å². The Balaban J connectivity index is 0.00000342. The van der Waals surface area contributed by atoms with E-state index in [-0.39, 0.29) is 41.6 Å². The van der Waals surface area contributed by atoms with Gasteiger partial charge >= 0.3 is 0 Å². The first-order chi connectivity index (χ1) is 16.3. The Bertz CT molecular complexity index is 973. The number of benzene rings is 2. The predicted octanol–water partition coefficient (Wildman–Crippen LogP) is 5.48. The number of hydrogen-bond donors (Lipinski definition) is 1. The fourth-order valence-corrected chi connectivity index (χ4v) is 5.31. The number of halogens is 2. The number of nitrogens with zero attached hydrogens (tertiary/aromatic N) is 2. The zero-order valence-corrected chi connectivity index (χ0v) is 22.3. The highest BCUT2D eigenvalue weighted by molar-refractivity contribution is 6.30. The van der Waals surface area contributed by atoms with Gasteiger partial charge in [0.05, 0.1) is 6.04 Å². The second kappa shape index (κ2) is 12.2. The molecule has 0 bridgehead atoms. The van der Waals surface area contributed by atoms with E-state index >= 15 is 0 Å². The average Bonchev–Trinajstić information content (AvgIpc) is 3.13. The Morgan fingerprint density at radius 2 is 1.71 bits per heavy atom. The molecule has 7 heteroatoms. The maximum Gasteiger partial charge on any atom is 0.223 e. The number of carbonyl (C=O) groups is 2. The molecule has 2 aliphatic rings. The van der Waals surface area contributed by atoms with Gasteiger partial charge in [0, 0.05) is 37.0 Å². The van der Waals surface area contributed by atoms with Crippen LogP contribution in [-0.2, 0) is 16.1 Å². The topological polar surface area (TPSA) is 52.7 Å². The standard InChI is InChI=1S/C28H36ClN3O2.ClH/c1-21(2)27(34)30-25(23-6-4-3-5-7-23)12-15-31-16-13-28(14-17-31)18-26(33)32(20-28)19-22-8-10-24(29)11-9-22;/h3-11,21,25H,12-20H2,1-2H3,(H,30,34);1H/t25-;/m0./s1. The van der Waals surface area contributed by atoms with Crippen molar-refractivity contribution in [2.45, 2.75) is 52.1 Å². The van der Waals surface area contributed by atoms with Gasteiger partial charge in [-0.2, -0.15) is 0 Å². The maximum absolute atomic E-state index is 12.8. The second-order valence-corrected chi connectivity index (χ2v) is 10.7. The predicted molar refractivity (Wildman–Crippen MR) is 144 cm³/mol. The van der Waals surface area contributed by atoms with Gasteiger partial charge in [0.2, 0.25) is 11.8 Å². The van der Waals surface area contributed by atoms with Crippen molar-refractivity contribution in [1.29, 1.82) is 0 Å². The smallest absolute Gasteiger partial charge is 0.223 e. The number of hydrogen-bond acceptors (Lipinski definition) is 3. The minimum Gasteiger partial charge on any atom is -0.349 e. The van der Waals surface area contributed by atoms with Crippen LogP contribution in [0.1, 0.15) is 56.7 Å². The van der Waals surface area contributed by atoms with E-state index in [9.17, 15) is 9.59 Å². The van der Waals surface area contributed by atoms with Gasteiger partial charge in [-0.1, -0.05) is 67.9 Å². The van der Waals surface area contributed by atoms with Crippen molar-refractivity contribution in [3.8, 4) is 0 Å².